The van der Waals surface area contributed by atoms with Crippen LogP contribution < -0.4 is 0 Å². The van der Waals surface area contributed by atoms with Gasteiger partial charge >= 0.3 is 5.97 Å². The van der Waals surface area contributed by atoms with Crippen LogP contribution in [0.15, 0.2) is 23.8 Å². The van der Waals surface area contributed by atoms with Crippen molar-refractivity contribution in [3.63, 3.8) is 0 Å². The number of carboxylic acids is 1. The Labute approximate surface area is 147 Å². The van der Waals surface area contributed by atoms with E-state index in [9.17, 15) is 24.9 Å². The molecule has 4 aliphatic carbocycles. The molecule has 0 saturated heterocycles. The molecule has 0 aromatic carbocycles. The second-order valence-corrected chi connectivity index (χ2v) is 8.92. The van der Waals surface area contributed by atoms with Crippen molar-refractivity contribution < 1.29 is 24.9 Å². The number of hydrogen-bond acceptors (Lipinski definition) is 4. The number of aliphatic carboxylic acids is 1. The van der Waals surface area contributed by atoms with Gasteiger partial charge in [0.05, 0.1) is 6.10 Å². The van der Waals surface area contributed by atoms with Crippen molar-refractivity contribution in [3.05, 3.63) is 23.8 Å². The summed E-state index contributed by atoms with van der Waals surface area (Å²) < 4.78 is 0. The SMILES string of the molecule is CC12C=CC(=O)C=C1CC[C@@H]1[C@@H]2[C@@H](O)C[C@@]2(C)[C@H]1CC[C@]2(O)C(=O)O. The minimum atomic E-state index is -1.76. The number of rotatable bonds is 1. The van der Waals surface area contributed by atoms with Crippen molar-refractivity contribution in [2.45, 2.75) is 57.7 Å². The van der Waals surface area contributed by atoms with Crippen LogP contribution in [0.5, 0.6) is 0 Å². The van der Waals surface area contributed by atoms with Crippen molar-refractivity contribution in [1.82, 2.24) is 0 Å². The highest BCUT2D eigenvalue weighted by atomic mass is 16.4. The number of aliphatic hydroxyl groups excluding tert-OH is 1. The highest BCUT2D eigenvalue weighted by Gasteiger charge is 2.68. The molecule has 1 unspecified atom stereocenters. The van der Waals surface area contributed by atoms with Crippen LogP contribution >= 0.6 is 0 Å². The van der Waals surface area contributed by atoms with Crippen LogP contribution in [0.2, 0.25) is 0 Å². The number of fused-ring (bicyclic) bond motifs is 5. The number of carbonyl (C=O) groups excluding carboxylic acids is 1. The fourth-order valence-electron chi connectivity index (χ4n) is 6.68. The number of aliphatic hydroxyl groups is 2. The van der Waals surface area contributed by atoms with E-state index in [0.29, 0.717) is 6.42 Å². The Hall–Kier alpha value is -1.46. The Bertz CT molecular complexity index is 709. The van der Waals surface area contributed by atoms with E-state index in [1.165, 1.54) is 0 Å². The largest absolute Gasteiger partial charge is 0.479 e. The Morgan fingerprint density at radius 1 is 1.28 bits per heavy atom. The Morgan fingerprint density at radius 3 is 2.68 bits per heavy atom. The molecule has 3 saturated carbocycles. The number of carboxylic acid groups (broad SMARTS) is 1. The molecule has 0 aromatic rings. The first kappa shape index (κ1) is 17.0. The third-order valence-corrected chi connectivity index (χ3v) is 8.00. The van der Waals surface area contributed by atoms with Crippen LogP contribution in [0.1, 0.15) is 46.0 Å². The van der Waals surface area contributed by atoms with E-state index in [1.54, 1.807) is 12.2 Å². The molecule has 4 rings (SSSR count). The van der Waals surface area contributed by atoms with Crippen molar-refractivity contribution in [3.8, 4) is 0 Å². The van der Waals surface area contributed by atoms with Gasteiger partial charge in [-0.25, -0.2) is 4.79 Å². The van der Waals surface area contributed by atoms with Crippen LogP contribution in [-0.2, 0) is 9.59 Å². The molecule has 0 aromatic heterocycles. The van der Waals surface area contributed by atoms with Gasteiger partial charge in [-0.1, -0.05) is 25.5 Å². The van der Waals surface area contributed by atoms with Crippen molar-refractivity contribution in [2.75, 3.05) is 0 Å². The molecular formula is C20H26O5. The monoisotopic (exact) mass is 346 g/mol. The van der Waals surface area contributed by atoms with Crippen molar-refractivity contribution in [1.29, 1.82) is 0 Å². The lowest BCUT2D eigenvalue weighted by molar-refractivity contribution is -0.192. The van der Waals surface area contributed by atoms with Crippen LogP contribution in [0.25, 0.3) is 0 Å². The van der Waals surface area contributed by atoms with E-state index in [0.717, 1.165) is 18.4 Å². The standard InChI is InChI=1S/C20H26O5/c1-18-7-5-12(21)9-11(18)3-4-13-14-6-8-20(25,17(23)24)19(14,2)10-15(22)16(13)18/h5,7,9,13-16,22,25H,3-4,6,8,10H2,1-2H3,(H,23,24)/t13-,14-,15-,16+,18?,19-,20-/m0/s1. The highest BCUT2D eigenvalue weighted by molar-refractivity contribution is 6.01. The minimum Gasteiger partial charge on any atom is -0.479 e. The summed E-state index contributed by atoms with van der Waals surface area (Å²) in [6.45, 7) is 3.93. The second kappa shape index (κ2) is 5.04. The van der Waals surface area contributed by atoms with Crippen molar-refractivity contribution >= 4 is 11.8 Å². The lowest BCUT2D eigenvalue weighted by Gasteiger charge is -2.59. The van der Waals surface area contributed by atoms with E-state index < -0.39 is 23.1 Å². The van der Waals surface area contributed by atoms with Gasteiger partial charge in [0.25, 0.3) is 0 Å². The zero-order valence-corrected chi connectivity index (χ0v) is 14.7. The summed E-state index contributed by atoms with van der Waals surface area (Å²) in [6, 6.07) is 0. The van der Waals surface area contributed by atoms with Gasteiger partial charge < -0.3 is 15.3 Å². The molecule has 25 heavy (non-hydrogen) atoms. The van der Waals surface area contributed by atoms with Gasteiger partial charge in [0.2, 0.25) is 0 Å². The van der Waals surface area contributed by atoms with E-state index in [1.807, 2.05) is 13.0 Å². The molecule has 0 bridgehead atoms. The first-order valence-electron chi connectivity index (χ1n) is 9.21. The zero-order valence-electron chi connectivity index (χ0n) is 14.7. The van der Waals surface area contributed by atoms with Gasteiger partial charge in [-0.3, -0.25) is 4.79 Å². The highest BCUT2D eigenvalue weighted by Crippen LogP contribution is 2.66. The van der Waals surface area contributed by atoms with E-state index in [2.05, 4.69) is 6.92 Å². The van der Waals surface area contributed by atoms with Crippen LogP contribution in [-0.4, -0.2) is 38.8 Å². The number of carbonyl (C=O) groups is 2. The summed E-state index contributed by atoms with van der Waals surface area (Å²) in [7, 11) is 0. The summed E-state index contributed by atoms with van der Waals surface area (Å²) in [5.41, 5.74) is -1.86. The number of allylic oxidation sites excluding steroid dienone is 4. The molecule has 0 spiro atoms. The molecule has 4 aliphatic rings. The lowest BCUT2D eigenvalue weighted by atomic mass is 9.46. The lowest BCUT2D eigenvalue weighted by Crippen LogP contribution is -2.61. The van der Waals surface area contributed by atoms with Crippen LogP contribution in [0.4, 0.5) is 0 Å². The first-order chi connectivity index (χ1) is 11.6. The molecule has 0 amide bonds. The molecule has 136 valence electrons. The molecule has 3 fully saturated rings. The van der Waals surface area contributed by atoms with Gasteiger partial charge in [0, 0.05) is 16.7 Å². The number of ketones is 1. The predicted octanol–water partition coefficient (Wildman–Crippen LogP) is 2.08. The molecular weight excluding hydrogens is 320 g/mol. The summed E-state index contributed by atoms with van der Waals surface area (Å²) >= 11 is 0. The predicted molar refractivity (Wildman–Crippen MR) is 90.6 cm³/mol. The molecule has 5 heteroatoms. The van der Waals surface area contributed by atoms with E-state index >= 15 is 0 Å². The average Bonchev–Trinajstić information content (AvgIpc) is 2.80. The quantitative estimate of drug-likeness (QED) is 0.676. The fraction of sp³-hybridized carbons (Fsp3) is 0.700. The Kier molecular flexibility index (Phi) is 3.42. The Morgan fingerprint density at radius 2 is 2.00 bits per heavy atom. The summed E-state index contributed by atoms with van der Waals surface area (Å²) in [6.07, 6.45) is 7.37. The third kappa shape index (κ3) is 1.97. The van der Waals surface area contributed by atoms with Crippen molar-refractivity contribution in [2.24, 2.45) is 28.6 Å². The fourth-order valence-corrected chi connectivity index (χ4v) is 6.68. The molecule has 7 atom stereocenters. The van der Waals surface area contributed by atoms with Gasteiger partial charge in [-0.15, -0.1) is 0 Å². The van der Waals surface area contributed by atoms with Crippen LogP contribution in [0, 0.1) is 28.6 Å². The number of hydrogen-bond donors (Lipinski definition) is 3. The smallest absolute Gasteiger partial charge is 0.336 e. The molecule has 3 N–H and O–H groups in total. The van der Waals surface area contributed by atoms with E-state index in [-0.39, 0.29) is 41.8 Å². The summed E-state index contributed by atoms with van der Waals surface area (Å²) in [4.78, 5) is 23.6. The first-order valence-corrected chi connectivity index (χ1v) is 9.21. The average molecular weight is 346 g/mol. The third-order valence-electron chi connectivity index (χ3n) is 8.00. The topological polar surface area (TPSA) is 94.8 Å². The maximum Gasteiger partial charge on any atom is 0.336 e. The molecule has 5 nitrogen and oxygen atoms in total. The van der Waals surface area contributed by atoms with Gasteiger partial charge in [-0.2, -0.15) is 0 Å². The van der Waals surface area contributed by atoms with Crippen LogP contribution in [0.3, 0.4) is 0 Å². The second-order valence-electron chi connectivity index (χ2n) is 8.92. The van der Waals surface area contributed by atoms with Gasteiger partial charge in [0.1, 0.15) is 0 Å². The van der Waals surface area contributed by atoms with Gasteiger partial charge in [0.15, 0.2) is 11.4 Å². The maximum absolute atomic E-state index is 11.8. The molecule has 0 heterocycles. The van der Waals surface area contributed by atoms with E-state index in [4.69, 9.17) is 0 Å². The molecule has 0 radical (unpaired) electrons. The summed E-state index contributed by atoms with van der Waals surface area (Å²) in [5, 5.41) is 31.6. The maximum atomic E-state index is 11.8. The van der Waals surface area contributed by atoms with Gasteiger partial charge in [-0.05, 0) is 56.1 Å². The zero-order chi connectivity index (χ0) is 18.2. The summed E-state index contributed by atoms with van der Waals surface area (Å²) in [5.74, 6) is -0.976. The minimum absolute atomic E-state index is 0.00202. The molecule has 0 aliphatic heterocycles. The Balaban J connectivity index is 1.76. The normalized spacial score (nSPS) is 51.4.